The van der Waals surface area contributed by atoms with E-state index in [1.807, 2.05) is 24.3 Å². The lowest BCUT2D eigenvalue weighted by molar-refractivity contribution is -0.274. The lowest BCUT2D eigenvalue weighted by Gasteiger charge is -2.39. The van der Waals surface area contributed by atoms with E-state index in [1.54, 1.807) is 24.7 Å². The third-order valence-corrected chi connectivity index (χ3v) is 5.12. The predicted molar refractivity (Wildman–Crippen MR) is 97.1 cm³/mol. The fourth-order valence-corrected chi connectivity index (χ4v) is 3.90. The minimum Gasteiger partial charge on any atom is -0.452 e. The van der Waals surface area contributed by atoms with Crippen LogP contribution in [0.4, 0.5) is 13.2 Å². The molecule has 0 radical (unpaired) electrons. The molecule has 1 fully saturated rings. The summed E-state index contributed by atoms with van der Waals surface area (Å²) in [6.45, 7) is 1.76. The Bertz CT molecular complexity index is 835. The van der Waals surface area contributed by atoms with E-state index < -0.39 is 12.1 Å². The van der Waals surface area contributed by atoms with Crippen LogP contribution in [0.25, 0.3) is 11.1 Å². The van der Waals surface area contributed by atoms with Crippen LogP contribution in [0.15, 0.2) is 61.1 Å². The van der Waals surface area contributed by atoms with Gasteiger partial charge in [-0.25, -0.2) is 0 Å². The van der Waals surface area contributed by atoms with Crippen molar-refractivity contribution < 1.29 is 27.4 Å². The molecule has 148 valence electrons. The monoisotopic (exact) mass is 391 g/mol. The summed E-state index contributed by atoms with van der Waals surface area (Å²) in [6.07, 6.45) is 0.191. The maximum atomic E-state index is 12.4. The molecule has 1 saturated heterocycles. The first-order valence-electron chi connectivity index (χ1n) is 9.15. The van der Waals surface area contributed by atoms with Gasteiger partial charge in [0.1, 0.15) is 18.3 Å². The van der Waals surface area contributed by atoms with E-state index in [0.717, 1.165) is 42.6 Å². The number of ether oxygens (including phenoxy) is 3. The van der Waals surface area contributed by atoms with Gasteiger partial charge >= 0.3 is 6.36 Å². The molecule has 0 aromatic heterocycles. The summed E-state index contributed by atoms with van der Waals surface area (Å²) in [6, 6.07) is 13.5. The molecular weight excluding hydrogens is 371 g/mol. The second kappa shape index (κ2) is 7.39. The molecule has 2 aliphatic rings. The smallest absolute Gasteiger partial charge is 0.452 e. The second-order valence-corrected chi connectivity index (χ2v) is 6.82. The van der Waals surface area contributed by atoms with Gasteiger partial charge in [-0.2, -0.15) is 0 Å². The normalized spacial score (nSPS) is 19.1. The van der Waals surface area contributed by atoms with E-state index in [0.29, 0.717) is 0 Å². The van der Waals surface area contributed by atoms with Crippen molar-refractivity contribution in [3.63, 3.8) is 0 Å². The molecule has 0 atom stereocenters. The van der Waals surface area contributed by atoms with Crippen molar-refractivity contribution in [2.45, 2.75) is 25.0 Å². The minimum atomic E-state index is -4.71. The molecule has 0 saturated carbocycles. The van der Waals surface area contributed by atoms with Gasteiger partial charge in [0.05, 0.1) is 0 Å². The van der Waals surface area contributed by atoms with Crippen LogP contribution in [0, 0.1) is 5.92 Å². The first-order chi connectivity index (χ1) is 13.5. The molecular formula is C21H20F3NO3. The maximum absolute atomic E-state index is 12.4. The number of alkyl halides is 3. The molecule has 0 aliphatic carbocycles. The summed E-state index contributed by atoms with van der Waals surface area (Å²) in [7, 11) is 0. The van der Waals surface area contributed by atoms with Crippen molar-refractivity contribution in [2.75, 3.05) is 13.1 Å². The van der Waals surface area contributed by atoms with Gasteiger partial charge in [0, 0.05) is 11.5 Å². The van der Waals surface area contributed by atoms with Crippen molar-refractivity contribution in [1.82, 2.24) is 5.32 Å². The highest BCUT2D eigenvalue weighted by molar-refractivity contribution is 5.69. The fraction of sp³-hybridized carbons (Fsp3) is 0.333. The van der Waals surface area contributed by atoms with Crippen LogP contribution in [-0.2, 0) is 15.3 Å². The summed E-state index contributed by atoms with van der Waals surface area (Å²) in [5.74, 6) is -1.03. The Morgan fingerprint density at radius 2 is 1.57 bits per heavy atom. The molecule has 4 nitrogen and oxygen atoms in total. The van der Waals surface area contributed by atoms with Crippen LogP contribution in [-0.4, -0.2) is 19.5 Å². The summed E-state index contributed by atoms with van der Waals surface area (Å²) in [5.41, 5.74) is 2.47. The highest BCUT2D eigenvalue weighted by atomic mass is 19.4. The van der Waals surface area contributed by atoms with E-state index in [9.17, 15) is 13.2 Å². The van der Waals surface area contributed by atoms with Gasteiger partial charge in [-0.05, 0) is 49.2 Å². The third-order valence-electron chi connectivity index (χ3n) is 5.12. The molecule has 0 bridgehead atoms. The van der Waals surface area contributed by atoms with Crippen LogP contribution in [0.1, 0.15) is 18.4 Å². The molecule has 2 aliphatic heterocycles. The van der Waals surface area contributed by atoms with Crippen LogP contribution >= 0.6 is 0 Å². The van der Waals surface area contributed by atoms with Gasteiger partial charge in [0.15, 0.2) is 0 Å². The molecule has 7 heteroatoms. The molecule has 28 heavy (non-hydrogen) atoms. The topological polar surface area (TPSA) is 39.7 Å². The highest BCUT2D eigenvalue weighted by Crippen LogP contribution is 2.46. The van der Waals surface area contributed by atoms with Gasteiger partial charge < -0.3 is 19.5 Å². The van der Waals surface area contributed by atoms with Crippen LogP contribution in [0.3, 0.4) is 0 Å². The molecule has 0 spiro atoms. The number of hydrogen-bond donors (Lipinski definition) is 1. The van der Waals surface area contributed by atoms with Gasteiger partial charge in [-0.3, -0.25) is 0 Å². The zero-order valence-corrected chi connectivity index (χ0v) is 15.0. The molecule has 0 unspecified atom stereocenters. The fourth-order valence-electron chi connectivity index (χ4n) is 3.90. The first kappa shape index (κ1) is 18.7. The Kier molecular flexibility index (Phi) is 4.93. The summed E-state index contributed by atoms with van der Waals surface area (Å²) < 4.78 is 53.3. The zero-order chi connectivity index (χ0) is 19.6. The number of hydrogen-bond acceptors (Lipinski definition) is 4. The number of nitrogens with one attached hydrogen (secondary N) is 1. The number of rotatable bonds is 4. The predicted octanol–water partition coefficient (Wildman–Crippen LogP) is 4.92. The third kappa shape index (κ3) is 3.67. The van der Waals surface area contributed by atoms with Crippen molar-refractivity contribution in [1.29, 1.82) is 0 Å². The Morgan fingerprint density at radius 3 is 2.21 bits per heavy atom. The van der Waals surface area contributed by atoms with Crippen LogP contribution in [0.2, 0.25) is 0 Å². The lowest BCUT2D eigenvalue weighted by Crippen LogP contribution is -2.43. The van der Waals surface area contributed by atoms with Crippen molar-refractivity contribution in [2.24, 2.45) is 5.92 Å². The average molecular weight is 391 g/mol. The van der Waals surface area contributed by atoms with Crippen LogP contribution in [0.5, 0.6) is 5.75 Å². The standard InChI is InChI=1S/C21H20F3NO3/c22-21(23,24)28-17-7-5-15(6-8-17)18-3-1-2-4-19(18)20(26-13-14-27-20)16-9-11-25-12-10-16/h1-8,13-14,16,25H,9-12H2. The molecule has 4 rings (SSSR count). The number of halogens is 3. The maximum Gasteiger partial charge on any atom is 0.573 e. The highest BCUT2D eigenvalue weighted by Gasteiger charge is 2.47. The Hall–Kier alpha value is -2.67. The van der Waals surface area contributed by atoms with Crippen molar-refractivity contribution >= 4 is 0 Å². The van der Waals surface area contributed by atoms with E-state index in [1.165, 1.54) is 12.1 Å². The van der Waals surface area contributed by atoms with Crippen molar-refractivity contribution in [3.8, 4) is 16.9 Å². The van der Waals surface area contributed by atoms with Gasteiger partial charge in [-0.15, -0.1) is 13.2 Å². The van der Waals surface area contributed by atoms with Gasteiger partial charge in [0.25, 0.3) is 5.79 Å². The van der Waals surface area contributed by atoms with Crippen molar-refractivity contribution in [3.05, 3.63) is 66.6 Å². The zero-order valence-electron chi connectivity index (χ0n) is 15.0. The lowest BCUT2D eigenvalue weighted by atomic mass is 9.81. The largest absolute Gasteiger partial charge is 0.573 e. The summed E-state index contributed by atoms with van der Waals surface area (Å²) in [5, 5.41) is 3.34. The minimum absolute atomic E-state index is 0.151. The van der Waals surface area contributed by atoms with E-state index >= 15 is 0 Å². The van der Waals surface area contributed by atoms with Gasteiger partial charge in [0.2, 0.25) is 0 Å². The average Bonchev–Trinajstić information content (AvgIpc) is 3.19. The van der Waals surface area contributed by atoms with Crippen LogP contribution < -0.4 is 10.1 Å². The molecule has 1 N–H and O–H groups in total. The first-order valence-corrected chi connectivity index (χ1v) is 9.15. The summed E-state index contributed by atoms with van der Waals surface area (Å²) in [4.78, 5) is 0. The quantitative estimate of drug-likeness (QED) is 0.803. The molecule has 2 aromatic rings. The van der Waals surface area contributed by atoms with E-state index in [2.05, 4.69) is 10.1 Å². The molecule has 2 aromatic carbocycles. The Balaban J connectivity index is 1.70. The summed E-state index contributed by atoms with van der Waals surface area (Å²) >= 11 is 0. The Morgan fingerprint density at radius 1 is 0.929 bits per heavy atom. The van der Waals surface area contributed by atoms with E-state index in [4.69, 9.17) is 9.47 Å². The second-order valence-electron chi connectivity index (χ2n) is 6.82. The number of piperidine rings is 1. The number of benzene rings is 2. The molecule has 0 amide bonds. The Labute approximate surface area is 160 Å². The van der Waals surface area contributed by atoms with E-state index in [-0.39, 0.29) is 11.7 Å². The molecule has 2 heterocycles. The SMILES string of the molecule is FC(F)(F)Oc1ccc(-c2ccccc2C2(C3CCNCC3)OC=CO2)cc1. The van der Waals surface area contributed by atoms with Gasteiger partial charge in [-0.1, -0.05) is 36.4 Å².